The van der Waals surface area contributed by atoms with Gasteiger partial charge in [-0.2, -0.15) is 0 Å². The average Bonchev–Trinajstić information content (AvgIpc) is 3.00. The molecule has 0 radical (unpaired) electrons. The third-order valence-electron chi connectivity index (χ3n) is 3.16. The van der Waals surface area contributed by atoms with Crippen LogP contribution in [0, 0.1) is 0 Å². The second kappa shape index (κ2) is 8.47. The second-order valence-corrected chi connectivity index (χ2v) is 5.94. The van der Waals surface area contributed by atoms with E-state index in [1.807, 2.05) is 6.07 Å². The standard InChI is InChI=1S/C17H23N3S/c1-3-18-17(19-12-11-16-10-7-13-21-16)20(2)14-15-8-5-4-6-9-15/h4-10,13H,3,11-12,14H2,1-2H3,(H,18,19). The van der Waals surface area contributed by atoms with Gasteiger partial charge in [0.2, 0.25) is 0 Å². The van der Waals surface area contributed by atoms with Crippen molar-refractivity contribution in [2.24, 2.45) is 4.99 Å². The van der Waals surface area contributed by atoms with Gasteiger partial charge in [0.1, 0.15) is 0 Å². The van der Waals surface area contributed by atoms with Crippen molar-refractivity contribution >= 4 is 17.3 Å². The third kappa shape index (κ3) is 5.23. The van der Waals surface area contributed by atoms with Crippen molar-refractivity contribution in [3.8, 4) is 0 Å². The second-order valence-electron chi connectivity index (χ2n) is 4.91. The fourth-order valence-electron chi connectivity index (χ4n) is 2.13. The molecule has 3 nitrogen and oxygen atoms in total. The Morgan fingerprint density at radius 1 is 1.19 bits per heavy atom. The van der Waals surface area contributed by atoms with E-state index < -0.39 is 0 Å². The summed E-state index contributed by atoms with van der Waals surface area (Å²) >= 11 is 1.80. The number of benzene rings is 1. The summed E-state index contributed by atoms with van der Waals surface area (Å²) in [5.74, 6) is 0.970. The molecule has 0 saturated carbocycles. The molecule has 0 amide bonds. The van der Waals surface area contributed by atoms with E-state index >= 15 is 0 Å². The first-order valence-electron chi connectivity index (χ1n) is 7.35. The van der Waals surface area contributed by atoms with Gasteiger partial charge in [0.25, 0.3) is 0 Å². The van der Waals surface area contributed by atoms with Crippen molar-refractivity contribution in [2.45, 2.75) is 19.9 Å². The van der Waals surface area contributed by atoms with Crippen molar-refractivity contribution in [1.29, 1.82) is 0 Å². The lowest BCUT2D eigenvalue weighted by Crippen LogP contribution is -2.38. The zero-order valence-electron chi connectivity index (χ0n) is 12.7. The molecule has 0 spiro atoms. The minimum Gasteiger partial charge on any atom is -0.357 e. The Kier molecular flexibility index (Phi) is 6.28. The first-order chi connectivity index (χ1) is 10.3. The van der Waals surface area contributed by atoms with Gasteiger partial charge < -0.3 is 10.2 Å². The van der Waals surface area contributed by atoms with E-state index in [1.165, 1.54) is 10.4 Å². The topological polar surface area (TPSA) is 27.6 Å². The predicted molar refractivity (Wildman–Crippen MR) is 91.9 cm³/mol. The van der Waals surface area contributed by atoms with E-state index in [-0.39, 0.29) is 0 Å². The average molecular weight is 301 g/mol. The first kappa shape index (κ1) is 15.6. The van der Waals surface area contributed by atoms with E-state index in [2.05, 4.69) is 66.0 Å². The fourth-order valence-corrected chi connectivity index (χ4v) is 2.83. The van der Waals surface area contributed by atoms with Gasteiger partial charge in [-0.25, -0.2) is 0 Å². The van der Waals surface area contributed by atoms with E-state index in [9.17, 15) is 0 Å². The molecule has 21 heavy (non-hydrogen) atoms. The quantitative estimate of drug-likeness (QED) is 0.654. The Labute approximate surface area is 131 Å². The normalized spacial score (nSPS) is 11.4. The summed E-state index contributed by atoms with van der Waals surface area (Å²) in [7, 11) is 2.08. The Morgan fingerprint density at radius 3 is 2.67 bits per heavy atom. The van der Waals surface area contributed by atoms with Crippen LogP contribution in [0.1, 0.15) is 17.4 Å². The molecule has 1 aromatic carbocycles. The molecule has 0 saturated heterocycles. The number of guanidine groups is 1. The van der Waals surface area contributed by atoms with Crippen LogP contribution in [0.4, 0.5) is 0 Å². The summed E-state index contributed by atoms with van der Waals surface area (Å²) in [5.41, 5.74) is 1.30. The van der Waals surface area contributed by atoms with Gasteiger partial charge in [-0.1, -0.05) is 36.4 Å². The minimum absolute atomic E-state index is 0.821. The summed E-state index contributed by atoms with van der Waals surface area (Å²) in [4.78, 5) is 8.29. The lowest BCUT2D eigenvalue weighted by molar-refractivity contribution is 0.477. The van der Waals surface area contributed by atoms with Gasteiger partial charge in [0.15, 0.2) is 5.96 Å². The summed E-state index contributed by atoms with van der Waals surface area (Å²) in [6.07, 6.45) is 1.01. The molecule has 2 aromatic rings. The van der Waals surface area contributed by atoms with Gasteiger partial charge in [-0.05, 0) is 23.9 Å². The highest BCUT2D eigenvalue weighted by Gasteiger charge is 2.06. The molecular formula is C17H23N3S. The highest BCUT2D eigenvalue weighted by Crippen LogP contribution is 2.09. The zero-order chi connectivity index (χ0) is 14.9. The molecule has 1 heterocycles. The summed E-state index contributed by atoms with van der Waals surface area (Å²) in [6.45, 7) is 4.68. The third-order valence-corrected chi connectivity index (χ3v) is 4.10. The fraction of sp³-hybridized carbons (Fsp3) is 0.353. The maximum Gasteiger partial charge on any atom is 0.193 e. The van der Waals surface area contributed by atoms with Crippen molar-refractivity contribution in [3.05, 3.63) is 58.3 Å². The molecule has 0 aliphatic rings. The van der Waals surface area contributed by atoms with Crippen molar-refractivity contribution < 1.29 is 0 Å². The smallest absolute Gasteiger partial charge is 0.193 e. The van der Waals surface area contributed by atoms with Crippen LogP contribution >= 0.6 is 11.3 Å². The van der Waals surface area contributed by atoms with Crippen LogP contribution in [-0.2, 0) is 13.0 Å². The van der Waals surface area contributed by atoms with E-state index in [1.54, 1.807) is 11.3 Å². The maximum atomic E-state index is 4.72. The maximum absolute atomic E-state index is 4.72. The van der Waals surface area contributed by atoms with Crippen LogP contribution in [0.25, 0.3) is 0 Å². The summed E-state index contributed by atoms with van der Waals surface area (Å²) in [6, 6.07) is 14.7. The van der Waals surface area contributed by atoms with Crippen LogP contribution < -0.4 is 5.32 Å². The summed E-state index contributed by atoms with van der Waals surface area (Å²) in [5, 5.41) is 5.48. The van der Waals surface area contributed by atoms with Crippen LogP contribution in [0.15, 0.2) is 52.8 Å². The lowest BCUT2D eigenvalue weighted by Gasteiger charge is -2.22. The van der Waals surface area contributed by atoms with Gasteiger partial charge in [-0.15, -0.1) is 11.3 Å². The van der Waals surface area contributed by atoms with Gasteiger partial charge >= 0.3 is 0 Å². The minimum atomic E-state index is 0.821. The summed E-state index contributed by atoms with van der Waals surface area (Å²) < 4.78 is 0. The number of nitrogens with zero attached hydrogens (tertiary/aromatic N) is 2. The number of hydrogen-bond donors (Lipinski definition) is 1. The van der Waals surface area contributed by atoms with Crippen molar-refractivity contribution in [3.63, 3.8) is 0 Å². The molecule has 1 aromatic heterocycles. The SMILES string of the molecule is CCNC(=NCCc1cccs1)N(C)Cc1ccccc1. The van der Waals surface area contributed by atoms with Crippen LogP contribution in [0.2, 0.25) is 0 Å². The number of hydrogen-bond acceptors (Lipinski definition) is 2. The molecule has 0 aliphatic carbocycles. The van der Waals surface area contributed by atoms with Crippen LogP contribution in [0.5, 0.6) is 0 Å². The largest absolute Gasteiger partial charge is 0.357 e. The van der Waals surface area contributed by atoms with E-state index in [0.717, 1.165) is 32.0 Å². The van der Waals surface area contributed by atoms with E-state index in [4.69, 9.17) is 4.99 Å². The van der Waals surface area contributed by atoms with Gasteiger partial charge in [0, 0.05) is 38.0 Å². The molecule has 0 aliphatic heterocycles. The molecule has 112 valence electrons. The number of rotatable bonds is 6. The predicted octanol–water partition coefficient (Wildman–Crippen LogP) is 3.39. The first-order valence-corrected chi connectivity index (χ1v) is 8.23. The molecule has 0 atom stereocenters. The molecular weight excluding hydrogens is 278 g/mol. The molecule has 0 bridgehead atoms. The Balaban J connectivity index is 1.93. The molecule has 4 heteroatoms. The molecule has 0 unspecified atom stereocenters. The Hall–Kier alpha value is -1.81. The van der Waals surface area contributed by atoms with Gasteiger partial charge in [0.05, 0.1) is 0 Å². The Bertz CT molecular complexity index is 534. The van der Waals surface area contributed by atoms with Crippen molar-refractivity contribution in [1.82, 2.24) is 10.2 Å². The number of nitrogens with one attached hydrogen (secondary N) is 1. The molecule has 0 fully saturated rings. The number of aliphatic imine (C=N–C) groups is 1. The zero-order valence-corrected chi connectivity index (χ0v) is 13.6. The van der Waals surface area contributed by atoms with Gasteiger partial charge in [-0.3, -0.25) is 4.99 Å². The highest BCUT2D eigenvalue weighted by atomic mass is 32.1. The number of thiophene rings is 1. The monoisotopic (exact) mass is 301 g/mol. The van der Waals surface area contributed by atoms with Crippen molar-refractivity contribution in [2.75, 3.05) is 20.1 Å². The van der Waals surface area contributed by atoms with E-state index in [0.29, 0.717) is 0 Å². The van der Waals surface area contributed by atoms with Crippen LogP contribution in [-0.4, -0.2) is 31.0 Å². The molecule has 1 N–H and O–H groups in total. The Morgan fingerprint density at radius 2 is 2.00 bits per heavy atom. The molecule has 2 rings (SSSR count). The van der Waals surface area contributed by atoms with Crippen LogP contribution in [0.3, 0.4) is 0 Å². The highest BCUT2D eigenvalue weighted by molar-refractivity contribution is 7.09. The lowest BCUT2D eigenvalue weighted by atomic mass is 10.2.